The van der Waals surface area contributed by atoms with Gasteiger partial charge in [0.15, 0.2) is 0 Å². The summed E-state index contributed by atoms with van der Waals surface area (Å²) in [6, 6.07) is 13.8. The molecule has 2 aromatic carbocycles. The van der Waals surface area contributed by atoms with E-state index in [1.165, 1.54) is 0 Å². The molecule has 0 spiro atoms. The second-order valence-electron chi connectivity index (χ2n) is 6.99. The van der Waals surface area contributed by atoms with E-state index in [2.05, 4.69) is 33.1 Å². The van der Waals surface area contributed by atoms with Gasteiger partial charge in [-0.1, -0.05) is 41.4 Å². The third-order valence-corrected chi connectivity index (χ3v) is 5.76. The van der Waals surface area contributed by atoms with Crippen LogP contribution in [0.25, 0.3) is 22.0 Å². The van der Waals surface area contributed by atoms with Gasteiger partial charge in [-0.15, -0.1) is 0 Å². The summed E-state index contributed by atoms with van der Waals surface area (Å²) in [7, 11) is 0. The lowest BCUT2D eigenvalue weighted by Gasteiger charge is -2.36. The highest BCUT2D eigenvalue weighted by molar-refractivity contribution is 6.34. The number of rotatable bonds is 3. The number of pyridine rings is 1. The van der Waals surface area contributed by atoms with Gasteiger partial charge in [0.25, 0.3) is 0 Å². The lowest BCUT2D eigenvalue weighted by molar-refractivity contribution is 0.349. The van der Waals surface area contributed by atoms with Crippen molar-refractivity contribution in [1.29, 1.82) is 5.26 Å². The van der Waals surface area contributed by atoms with Crippen molar-refractivity contribution in [3.63, 3.8) is 0 Å². The van der Waals surface area contributed by atoms with Gasteiger partial charge in [0, 0.05) is 48.3 Å². The Morgan fingerprint density at radius 1 is 1.07 bits per heavy atom. The van der Waals surface area contributed by atoms with Crippen molar-refractivity contribution in [2.75, 3.05) is 31.1 Å². The molecule has 1 saturated heterocycles. The van der Waals surface area contributed by atoms with Gasteiger partial charge < -0.3 is 9.80 Å². The Kier molecular flexibility index (Phi) is 5.62. The van der Waals surface area contributed by atoms with Crippen LogP contribution in [0.1, 0.15) is 12.5 Å². The molecule has 1 fully saturated rings. The highest BCUT2D eigenvalue weighted by Crippen LogP contribution is 2.37. The van der Waals surface area contributed by atoms with Gasteiger partial charge in [-0.25, -0.2) is 0 Å². The first-order chi connectivity index (χ1) is 14.1. The largest absolute Gasteiger partial charge is 0.374 e. The molecular weight excluding hydrogens is 403 g/mol. The number of allylic oxidation sites excluding steroid dienone is 1. The van der Waals surface area contributed by atoms with Crippen LogP contribution in [-0.2, 0) is 0 Å². The molecule has 1 aliphatic rings. The van der Waals surface area contributed by atoms with E-state index >= 15 is 0 Å². The number of benzene rings is 2. The summed E-state index contributed by atoms with van der Waals surface area (Å²) in [6.45, 7) is 5.54. The predicted molar refractivity (Wildman–Crippen MR) is 121 cm³/mol. The molecule has 0 saturated carbocycles. The SMILES string of the molecule is CC=CN1CCN(c2c(C#N)cnc3cc(Cl)c(-c4ccc(Cl)cc4)cc23)CC1. The van der Waals surface area contributed by atoms with E-state index in [1.807, 2.05) is 43.3 Å². The molecule has 29 heavy (non-hydrogen) atoms. The number of hydrogen-bond acceptors (Lipinski definition) is 4. The Balaban J connectivity index is 1.83. The maximum absolute atomic E-state index is 9.74. The van der Waals surface area contributed by atoms with E-state index in [9.17, 15) is 5.26 Å². The number of aromatic nitrogens is 1. The van der Waals surface area contributed by atoms with Crippen LogP contribution in [0.2, 0.25) is 10.0 Å². The summed E-state index contributed by atoms with van der Waals surface area (Å²) in [6.07, 6.45) is 5.82. The first kappa shape index (κ1) is 19.6. The van der Waals surface area contributed by atoms with Crippen molar-refractivity contribution >= 4 is 39.8 Å². The number of nitrogens with zero attached hydrogens (tertiary/aromatic N) is 4. The summed E-state index contributed by atoms with van der Waals surface area (Å²) >= 11 is 12.6. The van der Waals surface area contributed by atoms with E-state index in [1.54, 1.807) is 6.20 Å². The molecule has 0 N–H and O–H groups in total. The molecule has 0 atom stereocenters. The van der Waals surface area contributed by atoms with Crippen molar-refractivity contribution in [2.24, 2.45) is 0 Å². The Bertz CT molecular complexity index is 1110. The molecule has 4 rings (SSSR count). The number of fused-ring (bicyclic) bond motifs is 1. The van der Waals surface area contributed by atoms with Gasteiger partial charge in [-0.2, -0.15) is 5.26 Å². The summed E-state index contributed by atoms with van der Waals surface area (Å²) in [5.74, 6) is 0. The van der Waals surface area contributed by atoms with Crippen molar-refractivity contribution < 1.29 is 0 Å². The van der Waals surface area contributed by atoms with Crippen LogP contribution in [0.3, 0.4) is 0 Å². The monoisotopic (exact) mass is 422 g/mol. The molecule has 146 valence electrons. The average Bonchev–Trinajstić information content (AvgIpc) is 2.74. The molecule has 3 aromatic rings. The van der Waals surface area contributed by atoms with Crippen molar-refractivity contribution in [2.45, 2.75) is 6.92 Å². The maximum Gasteiger partial charge on any atom is 0.103 e. The zero-order chi connectivity index (χ0) is 20.4. The predicted octanol–water partition coefficient (Wildman–Crippen LogP) is 5.74. The normalized spacial score (nSPS) is 14.6. The van der Waals surface area contributed by atoms with Crippen LogP contribution in [0.5, 0.6) is 0 Å². The zero-order valence-corrected chi connectivity index (χ0v) is 17.6. The van der Waals surface area contributed by atoms with Crippen molar-refractivity contribution in [3.05, 3.63) is 70.5 Å². The molecule has 1 aliphatic heterocycles. The van der Waals surface area contributed by atoms with Crippen LogP contribution in [-0.4, -0.2) is 36.1 Å². The first-order valence-electron chi connectivity index (χ1n) is 9.51. The molecule has 4 nitrogen and oxygen atoms in total. The standard InChI is InChI=1S/C23H20Cl2N4/c1-2-7-28-8-10-29(11-9-28)23-17(14-26)15-27-22-13-21(25)19(12-20(22)23)16-3-5-18(24)6-4-16/h2-7,12-13,15H,8-11H2,1H3. The van der Waals surface area contributed by atoms with Crippen LogP contribution in [0.4, 0.5) is 5.69 Å². The van der Waals surface area contributed by atoms with Crippen LogP contribution in [0.15, 0.2) is 54.9 Å². The zero-order valence-electron chi connectivity index (χ0n) is 16.1. The summed E-state index contributed by atoms with van der Waals surface area (Å²) < 4.78 is 0. The molecule has 2 heterocycles. The fourth-order valence-corrected chi connectivity index (χ4v) is 4.17. The summed E-state index contributed by atoms with van der Waals surface area (Å²) in [5.41, 5.74) is 4.19. The average molecular weight is 423 g/mol. The Labute approximate surface area is 180 Å². The number of anilines is 1. The van der Waals surface area contributed by atoms with E-state index in [0.29, 0.717) is 15.6 Å². The van der Waals surface area contributed by atoms with Gasteiger partial charge in [-0.05, 0) is 43.0 Å². The fraction of sp³-hybridized carbons (Fsp3) is 0.217. The highest BCUT2D eigenvalue weighted by atomic mass is 35.5. The topological polar surface area (TPSA) is 43.2 Å². The number of hydrogen-bond donors (Lipinski definition) is 0. The van der Waals surface area contributed by atoms with Crippen LogP contribution < -0.4 is 4.90 Å². The third-order valence-electron chi connectivity index (χ3n) is 5.19. The van der Waals surface area contributed by atoms with E-state index in [0.717, 1.165) is 53.9 Å². The Morgan fingerprint density at radius 3 is 2.45 bits per heavy atom. The summed E-state index contributed by atoms with van der Waals surface area (Å²) in [4.78, 5) is 9.06. The molecule has 1 aromatic heterocycles. The maximum atomic E-state index is 9.74. The van der Waals surface area contributed by atoms with Gasteiger partial charge in [-0.3, -0.25) is 4.98 Å². The molecule has 0 aliphatic carbocycles. The van der Waals surface area contributed by atoms with Crippen molar-refractivity contribution in [1.82, 2.24) is 9.88 Å². The minimum absolute atomic E-state index is 0.585. The lowest BCUT2D eigenvalue weighted by Crippen LogP contribution is -2.44. The first-order valence-corrected chi connectivity index (χ1v) is 10.3. The third kappa shape index (κ3) is 3.89. The smallest absolute Gasteiger partial charge is 0.103 e. The quantitative estimate of drug-likeness (QED) is 0.539. The van der Waals surface area contributed by atoms with E-state index in [-0.39, 0.29) is 0 Å². The second-order valence-corrected chi connectivity index (χ2v) is 7.84. The van der Waals surface area contributed by atoms with Crippen molar-refractivity contribution in [3.8, 4) is 17.2 Å². The molecule has 0 bridgehead atoms. The van der Waals surface area contributed by atoms with Gasteiger partial charge >= 0.3 is 0 Å². The van der Waals surface area contributed by atoms with E-state index < -0.39 is 0 Å². The summed E-state index contributed by atoms with van der Waals surface area (Å²) in [5, 5.41) is 12.0. The molecular formula is C23H20Cl2N4. The molecule has 0 amide bonds. The molecule has 0 unspecified atom stereocenters. The molecule has 6 heteroatoms. The minimum atomic E-state index is 0.585. The minimum Gasteiger partial charge on any atom is -0.374 e. The van der Waals surface area contributed by atoms with Crippen LogP contribution in [0, 0.1) is 11.3 Å². The Morgan fingerprint density at radius 2 is 1.79 bits per heavy atom. The van der Waals surface area contributed by atoms with Crippen LogP contribution >= 0.6 is 23.2 Å². The van der Waals surface area contributed by atoms with E-state index in [4.69, 9.17) is 23.2 Å². The number of halogens is 2. The van der Waals surface area contributed by atoms with Gasteiger partial charge in [0.2, 0.25) is 0 Å². The molecule has 0 radical (unpaired) electrons. The lowest BCUT2D eigenvalue weighted by atomic mass is 10.0. The fourth-order valence-electron chi connectivity index (χ4n) is 3.78. The Hall–Kier alpha value is -2.74. The second kappa shape index (κ2) is 8.32. The van der Waals surface area contributed by atoms with Gasteiger partial charge in [0.1, 0.15) is 6.07 Å². The van der Waals surface area contributed by atoms with Gasteiger partial charge in [0.05, 0.1) is 21.8 Å². The number of piperazine rings is 1. The number of nitriles is 1. The highest BCUT2D eigenvalue weighted by Gasteiger charge is 2.21.